The van der Waals surface area contributed by atoms with Gasteiger partial charge in [0.1, 0.15) is 5.44 Å². The fourth-order valence-corrected chi connectivity index (χ4v) is 3.51. The van der Waals surface area contributed by atoms with Crippen molar-refractivity contribution in [2.45, 2.75) is 50.2 Å². The Labute approximate surface area is 116 Å². The van der Waals surface area contributed by atoms with E-state index in [4.69, 9.17) is 4.74 Å². The van der Waals surface area contributed by atoms with Crippen LogP contribution in [0.3, 0.4) is 0 Å². The van der Waals surface area contributed by atoms with Crippen LogP contribution in [0.1, 0.15) is 33.1 Å². The van der Waals surface area contributed by atoms with E-state index < -0.39 is 5.60 Å². The summed E-state index contributed by atoms with van der Waals surface area (Å²) in [6.45, 7) is 10.5. The van der Waals surface area contributed by atoms with E-state index in [1.165, 1.54) is 5.57 Å². The molecule has 1 aliphatic carbocycles. The Morgan fingerprint density at radius 3 is 2.89 bits per heavy atom. The van der Waals surface area contributed by atoms with Gasteiger partial charge in [-0.15, -0.1) is 12.6 Å². The van der Waals surface area contributed by atoms with Gasteiger partial charge < -0.3 is 9.84 Å². The average molecular weight is 271 g/mol. The third-order valence-corrected chi connectivity index (χ3v) is 4.75. The van der Waals surface area contributed by atoms with E-state index >= 15 is 0 Å². The van der Waals surface area contributed by atoms with Gasteiger partial charge in [-0.25, -0.2) is 0 Å². The Balaban J connectivity index is 2.08. The van der Waals surface area contributed by atoms with E-state index in [0.29, 0.717) is 12.5 Å². The molecule has 0 spiro atoms. The van der Waals surface area contributed by atoms with Gasteiger partial charge in [0.05, 0.1) is 12.2 Å². The number of aliphatic hydroxyl groups is 1. The Bertz CT molecular complexity index is 319. The molecule has 0 aromatic rings. The van der Waals surface area contributed by atoms with Gasteiger partial charge in [-0.1, -0.05) is 12.2 Å². The van der Waals surface area contributed by atoms with Crippen LogP contribution in [0, 0.1) is 5.92 Å². The van der Waals surface area contributed by atoms with E-state index in [1.54, 1.807) is 0 Å². The van der Waals surface area contributed by atoms with Gasteiger partial charge in [-0.2, -0.15) is 0 Å². The molecule has 2 fully saturated rings. The molecule has 2 rings (SSSR count). The summed E-state index contributed by atoms with van der Waals surface area (Å²) < 4.78 is 5.46. The topological polar surface area (TPSA) is 32.7 Å². The summed E-state index contributed by atoms with van der Waals surface area (Å²) in [5.74, 6) is 0.538. The summed E-state index contributed by atoms with van der Waals surface area (Å²) in [4.78, 5) is 2.34. The van der Waals surface area contributed by atoms with Gasteiger partial charge in [-0.3, -0.25) is 4.90 Å². The lowest BCUT2D eigenvalue weighted by molar-refractivity contribution is -0.0984. The summed E-state index contributed by atoms with van der Waals surface area (Å²) in [5, 5.41) is 10.6. The van der Waals surface area contributed by atoms with E-state index in [9.17, 15) is 5.11 Å². The normalized spacial score (nSPS) is 42.8. The fraction of sp³-hybridized carbons (Fsp3) is 0.857. The van der Waals surface area contributed by atoms with Crippen LogP contribution >= 0.6 is 12.6 Å². The number of nitrogens with zero attached hydrogens (tertiary/aromatic N) is 1. The zero-order valence-electron chi connectivity index (χ0n) is 11.4. The monoisotopic (exact) mass is 271 g/mol. The first-order chi connectivity index (χ1) is 8.40. The lowest BCUT2D eigenvalue weighted by Crippen LogP contribution is -2.58. The first-order valence-corrected chi connectivity index (χ1v) is 7.33. The number of ether oxygens (including phenoxy) is 1. The Morgan fingerprint density at radius 1 is 1.56 bits per heavy atom. The van der Waals surface area contributed by atoms with Crippen molar-refractivity contribution in [2.24, 2.45) is 5.92 Å². The molecule has 1 N–H and O–H groups in total. The second kappa shape index (κ2) is 5.53. The number of rotatable bonds is 2. The SMILES string of the molecule is C=C(C)[C@H]1CC[C@@](C)(O)[C@H](N2CCOC(S)C2)C1. The number of hydrogen-bond donors (Lipinski definition) is 2. The number of thiol groups is 1. The van der Waals surface area contributed by atoms with Gasteiger partial charge in [0.25, 0.3) is 0 Å². The zero-order valence-corrected chi connectivity index (χ0v) is 12.3. The van der Waals surface area contributed by atoms with Crippen molar-refractivity contribution in [2.75, 3.05) is 19.7 Å². The van der Waals surface area contributed by atoms with Crippen LogP contribution in [0.5, 0.6) is 0 Å². The molecule has 1 heterocycles. The maximum absolute atomic E-state index is 10.6. The highest BCUT2D eigenvalue weighted by Crippen LogP contribution is 2.38. The van der Waals surface area contributed by atoms with Crippen LogP contribution in [0.25, 0.3) is 0 Å². The Hall–Kier alpha value is -0.0300. The van der Waals surface area contributed by atoms with Crippen molar-refractivity contribution in [3.63, 3.8) is 0 Å². The highest BCUT2D eigenvalue weighted by molar-refractivity contribution is 7.80. The first kappa shape index (κ1) is 14.4. The van der Waals surface area contributed by atoms with E-state index in [0.717, 1.165) is 32.4 Å². The van der Waals surface area contributed by atoms with Crippen LogP contribution in [-0.2, 0) is 4.74 Å². The summed E-state index contributed by atoms with van der Waals surface area (Å²) >= 11 is 4.40. The van der Waals surface area contributed by atoms with Crippen molar-refractivity contribution in [3.8, 4) is 0 Å². The third-order valence-electron chi connectivity index (χ3n) is 4.44. The standard InChI is InChI=1S/C14H25NO2S/c1-10(2)11-4-5-14(3,16)12(8-11)15-6-7-17-13(18)9-15/h11-13,16,18H,1,4-9H2,2-3H3/t11-,12+,13?,14+/m0/s1. The van der Waals surface area contributed by atoms with E-state index in [-0.39, 0.29) is 11.5 Å². The molecular weight excluding hydrogens is 246 g/mol. The van der Waals surface area contributed by atoms with Crippen molar-refractivity contribution in [1.29, 1.82) is 0 Å². The summed E-state index contributed by atoms with van der Waals surface area (Å²) in [5.41, 5.74) is 0.613. The second-order valence-electron chi connectivity index (χ2n) is 6.01. The number of morpholine rings is 1. The molecule has 104 valence electrons. The Morgan fingerprint density at radius 2 is 2.28 bits per heavy atom. The van der Waals surface area contributed by atoms with E-state index in [2.05, 4.69) is 31.0 Å². The molecule has 4 heteroatoms. The molecule has 0 radical (unpaired) electrons. The maximum Gasteiger partial charge on any atom is 0.113 e. The van der Waals surface area contributed by atoms with Crippen molar-refractivity contribution < 1.29 is 9.84 Å². The molecule has 0 amide bonds. The first-order valence-electron chi connectivity index (χ1n) is 6.81. The third kappa shape index (κ3) is 3.10. The lowest BCUT2D eigenvalue weighted by atomic mass is 9.73. The highest BCUT2D eigenvalue weighted by Gasteiger charge is 2.42. The molecule has 4 atom stereocenters. The fourth-order valence-electron chi connectivity index (χ4n) is 3.20. The minimum absolute atomic E-state index is 0.0280. The summed E-state index contributed by atoms with van der Waals surface area (Å²) in [7, 11) is 0. The molecule has 2 aliphatic rings. The van der Waals surface area contributed by atoms with Crippen molar-refractivity contribution >= 4 is 12.6 Å². The van der Waals surface area contributed by atoms with Crippen LogP contribution in [0.4, 0.5) is 0 Å². The minimum atomic E-state index is -0.600. The van der Waals surface area contributed by atoms with Crippen LogP contribution in [0.15, 0.2) is 12.2 Å². The predicted molar refractivity (Wildman–Crippen MR) is 76.9 cm³/mol. The molecule has 1 saturated carbocycles. The molecule has 1 unspecified atom stereocenters. The smallest absolute Gasteiger partial charge is 0.113 e. The predicted octanol–water partition coefficient (Wildman–Crippen LogP) is 2.07. The molecule has 1 saturated heterocycles. The molecule has 18 heavy (non-hydrogen) atoms. The number of hydrogen-bond acceptors (Lipinski definition) is 4. The molecule has 0 aromatic carbocycles. The highest BCUT2D eigenvalue weighted by atomic mass is 32.1. The zero-order chi connectivity index (χ0) is 13.3. The number of allylic oxidation sites excluding steroid dienone is 1. The Kier molecular flexibility index (Phi) is 4.42. The van der Waals surface area contributed by atoms with E-state index in [1.807, 2.05) is 6.92 Å². The van der Waals surface area contributed by atoms with Gasteiger partial charge in [0, 0.05) is 19.1 Å². The summed E-state index contributed by atoms with van der Waals surface area (Å²) in [6.07, 6.45) is 2.90. The summed E-state index contributed by atoms with van der Waals surface area (Å²) in [6, 6.07) is 0.200. The molecule has 1 aliphatic heterocycles. The van der Waals surface area contributed by atoms with Gasteiger partial charge in [0.15, 0.2) is 0 Å². The largest absolute Gasteiger partial charge is 0.389 e. The molecule has 0 bridgehead atoms. The average Bonchev–Trinajstić information content (AvgIpc) is 2.28. The lowest BCUT2D eigenvalue weighted by Gasteiger charge is -2.48. The van der Waals surface area contributed by atoms with Gasteiger partial charge in [-0.05, 0) is 39.0 Å². The quantitative estimate of drug-likeness (QED) is 0.596. The maximum atomic E-state index is 10.6. The van der Waals surface area contributed by atoms with Crippen LogP contribution in [-0.4, -0.2) is 46.8 Å². The minimum Gasteiger partial charge on any atom is -0.389 e. The van der Waals surface area contributed by atoms with Crippen molar-refractivity contribution in [1.82, 2.24) is 4.90 Å². The van der Waals surface area contributed by atoms with Gasteiger partial charge in [0.2, 0.25) is 0 Å². The van der Waals surface area contributed by atoms with Gasteiger partial charge >= 0.3 is 0 Å². The van der Waals surface area contributed by atoms with Crippen LogP contribution in [0.2, 0.25) is 0 Å². The van der Waals surface area contributed by atoms with Crippen LogP contribution < -0.4 is 0 Å². The molecular formula is C14H25NO2S. The second-order valence-corrected chi connectivity index (χ2v) is 6.59. The van der Waals surface area contributed by atoms with Crippen molar-refractivity contribution in [3.05, 3.63) is 12.2 Å². The molecule has 0 aromatic heterocycles. The molecule has 3 nitrogen and oxygen atoms in total.